The van der Waals surface area contributed by atoms with Gasteiger partial charge in [-0.2, -0.15) is 5.26 Å². The van der Waals surface area contributed by atoms with E-state index in [0.29, 0.717) is 6.42 Å². The molecule has 0 bridgehead atoms. The quantitative estimate of drug-likeness (QED) is 0.452. The summed E-state index contributed by atoms with van der Waals surface area (Å²) in [5, 5.41) is 8.21. The number of hydrogen-bond acceptors (Lipinski definition) is 1. The molecule has 0 saturated heterocycles. The maximum absolute atomic E-state index is 8.21. The molecule has 0 unspecified atom stereocenters. The first-order valence-corrected chi connectivity index (χ1v) is 7.29. The second kappa shape index (κ2) is 4.29. The first-order chi connectivity index (χ1) is 4.56. The second-order valence-corrected chi connectivity index (χ2v) is 9.13. The first-order valence-electron chi connectivity index (χ1n) is 3.58. The summed E-state index contributed by atoms with van der Waals surface area (Å²) in [5.74, 6) is 0. The van der Waals surface area contributed by atoms with Crippen molar-refractivity contribution in [3.05, 3.63) is 12.2 Å². The van der Waals surface area contributed by atoms with Crippen LogP contribution in [-0.4, -0.2) is 8.07 Å². The smallest absolute Gasteiger partial charge is 0.0663 e. The molecule has 0 spiro atoms. The van der Waals surface area contributed by atoms with Crippen LogP contribution in [0.2, 0.25) is 25.7 Å². The highest BCUT2D eigenvalue weighted by atomic mass is 28.3. The molecule has 0 aliphatic carbocycles. The number of rotatable bonds is 3. The van der Waals surface area contributed by atoms with Gasteiger partial charge in [-0.25, -0.2) is 0 Å². The summed E-state index contributed by atoms with van der Waals surface area (Å²) in [4.78, 5) is 0. The maximum Gasteiger partial charge on any atom is 0.0663 e. The number of hydrogen-bond donors (Lipinski definition) is 0. The standard InChI is InChI=1S/C8H15NSi/c1-10(2,3)8-6-4-5-7-9/h4,6H,5,8H2,1-3H3. The lowest BCUT2D eigenvalue weighted by Gasteiger charge is -2.11. The average Bonchev–Trinajstić information content (AvgIpc) is 1.78. The van der Waals surface area contributed by atoms with Crippen LogP contribution in [0.15, 0.2) is 12.2 Å². The molecule has 0 N–H and O–H groups in total. The Morgan fingerprint density at radius 1 is 1.30 bits per heavy atom. The van der Waals surface area contributed by atoms with Gasteiger partial charge in [-0.05, 0) is 6.04 Å². The fourth-order valence-corrected chi connectivity index (χ4v) is 1.45. The summed E-state index contributed by atoms with van der Waals surface area (Å²) in [6.45, 7) is 6.97. The van der Waals surface area contributed by atoms with Crippen LogP contribution < -0.4 is 0 Å². The third-order valence-corrected chi connectivity index (χ3v) is 2.57. The molecule has 0 rings (SSSR count). The fraction of sp³-hybridized carbons (Fsp3) is 0.625. The van der Waals surface area contributed by atoms with Gasteiger partial charge < -0.3 is 0 Å². The Hall–Kier alpha value is -0.553. The molecule has 10 heavy (non-hydrogen) atoms. The van der Waals surface area contributed by atoms with E-state index in [-0.39, 0.29) is 0 Å². The van der Waals surface area contributed by atoms with E-state index in [1.807, 2.05) is 6.08 Å². The van der Waals surface area contributed by atoms with Gasteiger partial charge in [-0.15, -0.1) is 0 Å². The van der Waals surface area contributed by atoms with Gasteiger partial charge in [0, 0.05) is 8.07 Å². The van der Waals surface area contributed by atoms with Crippen LogP contribution in [-0.2, 0) is 0 Å². The molecule has 56 valence electrons. The van der Waals surface area contributed by atoms with Crippen molar-refractivity contribution in [1.29, 1.82) is 5.26 Å². The van der Waals surface area contributed by atoms with Gasteiger partial charge in [0.2, 0.25) is 0 Å². The van der Waals surface area contributed by atoms with Crippen LogP contribution in [0.3, 0.4) is 0 Å². The second-order valence-electron chi connectivity index (χ2n) is 3.60. The van der Waals surface area contributed by atoms with Crippen LogP contribution in [0.25, 0.3) is 0 Å². The fourth-order valence-electron chi connectivity index (χ4n) is 0.573. The Balaban J connectivity index is 3.46. The number of nitrogens with zero attached hydrogens (tertiary/aromatic N) is 1. The monoisotopic (exact) mass is 153 g/mol. The zero-order chi connectivity index (χ0) is 8.04. The summed E-state index contributed by atoms with van der Waals surface area (Å²) in [6, 6.07) is 3.27. The molecule has 0 aromatic heterocycles. The van der Waals surface area contributed by atoms with E-state index < -0.39 is 8.07 Å². The topological polar surface area (TPSA) is 23.8 Å². The molecular weight excluding hydrogens is 138 g/mol. The van der Waals surface area contributed by atoms with E-state index in [1.165, 1.54) is 6.04 Å². The summed E-state index contributed by atoms with van der Waals surface area (Å²) in [7, 11) is -0.903. The van der Waals surface area contributed by atoms with Crippen LogP contribution in [0.1, 0.15) is 6.42 Å². The van der Waals surface area contributed by atoms with Crippen molar-refractivity contribution in [2.24, 2.45) is 0 Å². The van der Waals surface area contributed by atoms with Crippen molar-refractivity contribution < 1.29 is 0 Å². The van der Waals surface area contributed by atoms with E-state index in [0.717, 1.165) is 0 Å². The SMILES string of the molecule is C[Si](C)(C)CC=CCC#N. The van der Waals surface area contributed by atoms with Crippen molar-refractivity contribution in [3.63, 3.8) is 0 Å². The third kappa shape index (κ3) is 7.45. The molecule has 0 atom stereocenters. The van der Waals surface area contributed by atoms with E-state index in [9.17, 15) is 0 Å². The lowest BCUT2D eigenvalue weighted by Crippen LogP contribution is -2.17. The molecule has 0 heterocycles. The van der Waals surface area contributed by atoms with Gasteiger partial charge in [-0.1, -0.05) is 31.8 Å². The van der Waals surface area contributed by atoms with E-state index in [2.05, 4.69) is 31.8 Å². The zero-order valence-corrected chi connectivity index (χ0v) is 8.02. The summed E-state index contributed by atoms with van der Waals surface area (Å²) < 4.78 is 0. The summed E-state index contributed by atoms with van der Waals surface area (Å²) in [6.07, 6.45) is 4.65. The molecule has 0 radical (unpaired) electrons. The largest absolute Gasteiger partial charge is 0.198 e. The van der Waals surface area contributed by atoms with E-state index in [1.54, 1.807) is 0 Å². The lowest BCUT2D eigenvalue weighted by molar-refractivity contribution is 1.33. The molecule has 0 fully saturated rings. The van der Waals surface area contributed by atoms with Crippen molar-refractivity contribution >= 4 is 8.07 Å². The van der Waals surface area contributed by atoms with Crippen LogP contribution in [0.5, 0.6) is 0 Å². The van der Waals surface area contributed by atoms with E-state index in [4.69, 9.17) is 5.26 Å². The predicted octanol–water partition coefficient (Wildman–Crippen LogP) is 2.79. The Kier molecular flexibility index (Phi) is 4.05. The molecule has 0 aromatic rings. The van der Waals surface area contributed by atoms with Gasteiger partial charge in [0.1, 0.15) is 0 Å². The molecule has 0 aliphatic rings. The van der Waals surface area contributed by atoms with Crippen LogP contribution >= 0.6 is 0 Å². The first kappa shape index (κ1) is 9.45. The Bertz CT molecular complexity index is 148. The van der Waals surface area contributed by atoms with Gasteiger partial charge in [-0.3, -0.25) is 0 Å². The number of nitriles is 1. The highest BCUT2D eigenvalue weighted by Crippen LogP contribution is 2.08. The number of allylic oxidation sites excluding steroid dienone is 2. The molecular formula is C8H15NSi. The molecule has 2 heteroatoms. The minimum Gasteiger partial charge on any atom is -0.198 e. The molecule has 1 nitrogen and oxygen atoms in total. The van der Waals surface area contributed by atoms with Crippen molar-refractivity contribution in [2.75, 3.05) is 0 Å². The Labute approximate surface area is 64.4 Å². The highest BCUT2D eigenvalue weighted by molar-refractivity contribution is 6.76. The molecule has 0 amide bonds. The summed E-state index contributed by atoms with van der Waals surface area (Å²) in [5.41, 5.74) is 0. The summed E-state index contributed by atoms with van der Waals surface area (Å²) >= 11 is 0. The molecule has 0 aliphatic heterocycles. The van der Waals surface area contributed by atoms with Gasteiger partial charge in [0.05, 0.1) is 12.5 Å². The van der Waals surface area contributed by atoms with Crippen molar-refractivity contribution in [2.45, 2.75) is 32.1 Å². The zero-order valence-electron chi connectivity index (χ0n) is 7.02. The van der Waals surface area contributed by atoms with E-state index >= 15 is 0 Å². The Morgan fingerprint density at radius 2 is 1.90 bits per heavy atom. The van der Waals surface area contributed by atoms with Crippen molar-refractivity contribution in [3.8, 4) is 6.07 Å². The van der Waals surface area contributed by atoms with Gasteiger partial charge >= 0.3 is 0 Å². The van der Waals surface area contributed by atoms with Crippen molar-refractivity contribution in [1.82, 2.24) is 0 Å². The minimum absolute atomic E-state index is 0.560. The van der Waals surface area contributed by atoms with Crippen LogP contribution in [0.4, 0.5) is 0 Å². The van der Waals surface area contributed by atoms with Gasteiger partial charge in [0.15, 0.2) is 0 Å². The third-order valence-electron chi connectivity index (χ3n) is 1.11. The van der Waals surface area contributed by atoms with Gasteiger partial charge in [0.25, 0.3) is 0 Å². The normalized spacial score (nSPS) is 11.8. The Morgan fingerprint density at radius 3 is 2.30 bits per heavy atom. The minimum atomic E-state index is -0.903. The molecule has 0 saturated carbocycles. The highest BCUT2D eigenvalue weighted by Gasteiger charge is 2.08. The van der Waals surface area contributed by atoms with Crippen LogP contribution in [0, 0.1) is 11.3 Å². The molecule has 0 aromatic carbocycles. The predicted molar refractivity (Wildman–Crippen MR) is 47.5 cm³/mol. The average molecular weight is 153 g/mol. The lowest BCUT2D eigenvalue weighted by atomic mass is 10.4. The maximum atomic E-state index is 8.21.